The van der Waals surface area contributed by atoms with Crippen LogP contribution in [-0.2, 0) is 38.4 Å². The van der Waals surface area contributed by atoms with Gasteiger partial charge in [-0.15, -0.1) is 0 Å². The second-order valence-electron chi connectivity index (χ2n) is 12.2. The number of carboxylic acid groups (broad SMARTS) is 1. The number of H-pyrrole nitrogens is 2. The number of aromatic amines is 2. The maximum atomic E-state index is 13.9. The highest BCUT2D eigenvalue weighted by molar-refractivity contribution is 5.95. The fourth-order valence-corrected chi connectivity index (χ4v) is 6.00. The summed E-state index contributed by atoms with van der Waals surface area (Å²) in [6.45, 7) is 0.411. The molecule has 5 rings (SSSR count). The standard InChI is InChI=1S/C37H43N7O5/c38-17-9-8-16-31(42-34(45)28(39)18-23-10-2-1-3-11-23)35(46)43-32(19-24-21-40-29-14-6-4-12-26(24)29)36(47)44-33(37(48)49)20-25-22-41-30-15-7-5-13-27(25)30/h1-7,10-15,21-22,28,31-33,40-41H,8-9,16-20,38-39H2,(H,42,45)(H,43,46)(H,44,47)(H,48,49). The topological polar surface area (TPSA) is 208 Å². The number of nitrogens with one attached hydrogen (secondary N) is 5. The summed E-state index contributed by atoms with van der Waals surface area (Å²) in [6.07, 6.45) is 5.32. The fraction of sp³-hybridized carbons (Fsp3) is 0.297. The van der Waals surface area contributed by atoms with Gasteiger partial charge in [0.25, 0.3) is 0 Å². The van der Waals surface area contributed by atoms with Gasteiger partial charge in [-0.3, -0.25) is 14.4 Å². The predicted molar refractivity (Wildman–Crippen MR) is 188 cm³/mol. The maximum Gasteiger partial charge on any atom is 0.326 e. The van der Waals surface area contributed by atoms with Crippen LogP contribution < -0.4 is 27.4 Å². The van der Waals surface area contributed by atoms with E-state index in [9.17, 15) is 24.3 Å². The second kappa shape index (κ2) is 16.6. The van der Waals surface area contributed by atoms with Crippen molar-refractivity contribution in [3.8, 4) is 0 Å². The molecule has 256 valence electrons. The predicted octanol–water partition coefficient (Wildman–Crippen LogP) is 2.67. The van der Waals surface area contributed by atoms with E-state index in [4.69, 9.17) is 11.5 Å². The number of nitrogens with two attached hydrogens (primary N) is 2. The number of para-hydroxylation sites is 2. The number of unbranched alkanes of at least 4 members (excludes halogenated alkanes) is 1. The average molecular weight is 666 g/mol. The lowest BCUT2D eigenvalue weighted by Gasteiger charge is -2.25. The first-order valence-corrected chi connectivity index (χ1v) is 16.5. The van der Waals surface area contributed by atoms with Gasteiger partial charge in [-0.25, -0.2) is 4.79 Å². The highest BCUT2D eigenvalue weighted by atomic mass is 16.4. The molecule has 0 aliphatic carbocycles. The summed E-state index contributed by atoms with van der Waals surface area (Å²) in [6, 6.07) is 20.0. The zero-order valence-corrected chi connectivity index (χ0v) is 27.2. The number of carbonyl (C=O) groups excluding carboxylic acids is 3. The number of fused-ring (bicyclic) bond motifs is 2. The molecule has 2 heterocycles. The van der Waals surface area contributed by atoms with Crippen LogP contribution in [0.4, 0.5) is 0 Å². The van der Waals surface area contributed by atoms with Crippen molar-refractivity contribution in [1.82, 2.24) is 25.9 Å². The SMILES string of the molecule is NCCCCC(NC(=O)C(N)Cc1ccccc1)C(=O)NC(Cc1c[nH]c2ccccc12)C(=O)NC(Cc1c[nH]c2ccccc12)C(=O)O. The Balaban J connectivity index is 1.36. The Kier molecular flexibility index (Phi) is 11.8. The van der Waals surface area contributed by atoms with Crippen LogP contribution in [0.3, 0.4) is 0 Å². The summed E-state index contributed by atoms with van der Waals surface area (Å²) in [5.41, 5.74) is 16.0. The quantitative estimate of drug-likeness (QED) is 0.0696. The van der Waals surface area contributed by atoms with Gasteiger partial charge < -0.3 is 42.5 Å². The molecule has 0 saturated carbocycles. The second-order valence-corrected chi connectivity index (χ2v) is 12.2. The van der Waals surface area contributed by atoms with E-state index < -0.39 is 47.9 Å². The zero-order chi connectivity index (χ0) is 34.8. The number of hydrogen-bond acceptors (Lipinski definition) is 6. The summed E-state index contributed by atoms with van der Waals surface area (Å²) in [4.78, 5) is 59.7. The van der Waals surface area contributed by atoms with Crippen molar-refractivity contribution in [2.75, 3.05) is 6.54 Å². The third kappa shape index (κ3) is 9.12. The number of rotatable bonds is 17. The monoisotopic (exact) mass is 665 g/mol. The Morgan fingerprint density at radius 3 is 1.73 bits per heavy atom. The molecule has 0 radical (unpaired) electrons. The number of benzene rings is 3. The first-order valence-electron chi connectivity index (χ1n) is 16.5. The van der Waals surface area contributed by atoms with E-state index in [1.54, 1.807) is 12.4 Å². The average Bonchev–Trinajstić information content (AvgIpc) is 3.71. The molecule has 0 aliphatic heterocycles. The Labute approximate surface area is 284 Å². The van der Waals surface area contributed by atoms with Crippen molar-refractivity contribution < 1.29 is 24.3 Å². The van der Waals surface area contributed by atoms with E-state index in [0.717, 1.165) is 38.5 Å². The summed E-state index contributed by atoms with van der Waals surface area (Å²) in [5.74, 6) is -2.96. The molecule has 0 spiro atoms. The molecule has 0 fully saturated rings. The first kappa shape index (κ1) is 34.9. The molecule has 3 amide bonds. The largest absolute Gasteiger partial charge is 0.480 e. The van der Waals surface area contributed by atoms with Gasteiger partial charge in [-0.1, -0.05) is 66.7 Å². The molecular weight excluding hydrogens is 622 g/mol. The van der Waals surface area contributed by atoms with E-state index >= 15 is 0 Å². The Morgan fingerprint density at radius 2 is 1.14 bits per heavy atom. The summed E-state index contributed by atoms with van der Waals surface area (Å²) >= 11 is 0. The number of amides is 3. The van der Waals surface area contributed by atoms with Crippen LogP contribution >= 0.6 is 0 Å². The molecular formula is C37H43N7O5. The van der Waals surface area contributed by atoms with Gasteiger partial charge in [-0.05, 0) is 61.1 Å². The Hall–Kier alpha value is -5.46. The van der Waals surface area contributed by atoms with Gasteiger partial charge in [-0.2, -0.15) is 0 Å². The smallest absolute Gasteiger partial charge is 0.326 e. The van der Waals surface area contributed by atoms with Crippen molar-refractivity contribution in [3.63, 3.8) is 0 Å². The van der Waals surface area contributed by atoms with E-state index in [1.807, 2.05) is 78.9 Å². The number of aliphatic carboxylic acids is 1. The Morgan fingerprint density at radius 1 is 0.633 bits per heavy atom. The van der Waals surface area contributed by atoms with Crippen LogP contribution in [0.2, 0.25) is 0 Å². The van der Waals surface area contributed by atoms with Crippen molar-refractivity contribution in [2.45, 2.75) is 62.7 Å². The third-order valence-corrected chi connectivity index (χ3v) is 8.66. The molecule has 4 unspecified atom stereocenters. The number of carbonyl (C=O) groups is 4. The number of carboxylic acids is 1. The van der Waals surface area contributed by atoms with Gasteiger partial charge in [0, 0.05) is 47.0 Å². The van der Waals surface area contributed by atoms with Crippen LogP contribution in [-0.4, -0.2) is 69.5 Å². The van der Waals surface area contributed by atoms with Crippen LogP contribution in [0.5, 0.6) is 0 Å². The molecule has 12 heteroatoms. The molecule has 12 nitrogen and oxygen atoms in total. The lowest BCUT2D eigenvalue weighted by molar-refractivity contribution is -0.142. The fourth-order valence-electron chi connectivity index (χ4n) is 6.00. The lowest BCUT2D eigenvalue weighted by Crippen LogP contribution is -2.58. The van der Waals surface area contributed by atoms with Gasteiger partial charge in [0.05, 0.1) is 6.04 Å². The molecule has 0 saturated heterocycles. The van der Waals surface area contributed by atoms with Crippen molar-refractivity contribution in [2.24, 2.45) is 11.5 Å². The van der Waals surface area contributed by atoms with Gasteiger partial charge in [0.15, 0.2) is 0 Å². The molecule has 10 N–H and O–H groups in total. The van der Waals surface area contributed by atoms with E-state index in [0.29, 0.717) is 19.4 Å². The Bertz CT molecular complexity index is 1890. The summed E-state index contributed by atoms with van der Waals surface area (Å²) < 4.78 is 0. The van der Waals surface area contributed by atoms with Crippen LogP contribution in [0.25, 0.3) is 21.8 Å². The van der Waals surface area contributed by atoms with Crippen molar-refractivity contribution >= 4 is 45.5 Å². The minimum atomic E-state index is -1.27. The lowest BCUT2D eigenvalue weighted by atomic mass is 10.0. The molecule has 3 aromatic carbocycles. The molecule has 4 atom stereocenters. The van der Waals surface area contributed by atoms with E-state index in [1.165, 1.54) is 0 Å². The van der Waals surface area contributed by atoms with E-state index in [-0.39, 0.29) is 25.7 Å². The van der Waals surface area contributed by atoms with Crippen molar-refractivity contribution in [1.29, 1.82) is 0 Å². The van der Waals surface area contributed by atoms with Crippen LogP contribution in [0.1, 0.15) is 36.0 Å². The van der Waals surface area contributed by atoms with Gasteiger partial charge >= 0.3 is 5.97 Å². The van der Waals surface area contributed by atoms with Gasteiger partial charge in [0.1, 0.15) is 18.1 Å². The number of aromatic nitrogens is 2. The molecule has 5 aromatic rings. The molecule has 2 aromatic heterocycles. The van der Waals surface area contributed by atoms with Crippen molar-refractivity contribution in [3.05, 3.63) is 108 Å². The first-order chi connectivity index (χ1) is 23.7. The zero-order valence-electron chi connectivity index (χ0n) is 27.2. The van der Waals surface area contributed by atoms with Gasteiger partial charge in [0.2, 0.25) is 17.7 Å². The molecule has 49 heavy (non-hydrogen) atoms. The summed E-state index contributed by atoms with van der Waals surface area (Å²) in [7, 11) is 0. The third-order valence-electron chi connectivity index (χ3n) is 8.66. The van der Waals surface area contributed by atoms with Crippen LogP contribution in [0, 0.1) is 0 Å². The minimum absolute atomic E-state index is 0.0237. The van der Waals surface area contributed by atoms with Crippen LogP contribution in [0.15, 0.2) is 91.3 Å². The molecule has 0 aliphatic rings. The highest BCUT2D eigenvalue weighted by Gasteiger charge is 2.31. The maximum absolute atomic E-state index is 13.9. The summed E-state index contributed by atoms with van der Waals surface area (Å²) in [5, 5.41) is 20.1. The minimum Gasteiger partial charge on any atom is -0.480 e. The molecule has 0 bridgehead atoms. The highest BCUT2D eigenvalue weighted by Crippen LogP contribution is 2.21. The van der Waals surface area contributed by atoms with E-state index in [2.05, 4.69) is 25.9 Å². The number of hydrogen-bond donors (Lipinski definition) is 8. The normalized spacial score (nSPS) is 13.8.